The molecule has 1 aliphatic rings. The van der Waals surface area contributed by atoms with E-state index in [1.807, 2.05) is 24.7 Å². The SMILES string of the molecule is Cc1cn(C)c2c(F)cc(C3(N)CCCCC3)cc12. The summed E-state index contributed by atoms with van der Waals surface area (Å²) in [5.41, 5.74) is 8.94. The van der Waals surface area contributed by atoms with Gasteiger partial charge in [-0.3, -0.25) is 0 Å². The van der Waals surface area contributed by atoms with E-state index < -0.39 is 0 Å². The molecule has 1 fully saturated rings. The highest BCUT2D eigenvalue weighted by molar-refractivity contribution is 5.85. The Morgan fingerprint density at radius 1 is 1.21 bits per heavy atom. The van der Waals surface area contributed by atoms with Crippen molar-refractivity contribution in [2.45, 2.75) is 44.6 Å². The third-order valence-corrected chi connectivity index (χ3v) is 4.55. The molecule has 1 heterocycles. The largest absolute Gasteiger partial charge is 0.348 e. The molecule has 102 valence electrons. The van der Waals surface area contributed by atoms with Crippen molar-refractivity contribution in [1.29, 1.82) is 0 Å². The number of aromatic nitrogens is 1. The first-order valence-electron chi connectivity index (χ1n) is 7.06. The molecule has 1 saturated carbocycles. The lowest BCUT2D eigenvalue weighted by molar-refractivity contribution is 0.301. The van der Waals surface area contributed by atoms with Crippen LogP contribution in [0.3, 0.4) is 0 Å². The Morgan fingerprint density at radius 2 is 1.89 bits per heavy atom. The van der Waals surface area contributed by atoms with Gasteiger partial charge >= 0.3 is 0 Å². The topological polar surface area (TPSA) is 30.9 Å². The van der Waals surface area contributed by atoms with Gasteiger partial charge in [-0.05, 0) is 43.0 Å². The van der Waals surface area contributed by atoms with E-state index in [0.29, 0.717) is 5.52 Å². The molecule has 0 bridgehead atoms. The third-order valence-electron chi connectivity index (χ3n) is 4.55. The molecule has 0 aliphatic heterocycles. The van der Waals surface area contributed by atoms with Crippen molar-refractivity contribution in [3.05, 3.63) is 35.3 Å². The molecular weight excluding hydrogens is 239 g/mol. The van der Waals surface area contributed by atoms with Gasteiger partial charge in [0.05, 0.1) is 5.52 Å². The smallest absolute Gasteiger partial charge is 0.147 e. The Hall–Kier alpha value is -1.35. The van der Waals surface area contributed by atoms with Crippen LogP contribution >= 0.6 is 0 Å². The van der Waals surface area contributed by atoms with Crippen molar-refractivity contribution in [2.24, 2.45) is 12.8 Å². The summed E-state index contributed by atoms with van der Waals surface area (Å²) in [5, 5.41) is 0.993. The van der Waals surface area contributed by atoms with E-state index in [1.54, 1.807) is 6.07 Å². The number of halogens is 1. The van der Waals surface area contributed by atoms with E-state index in [0.717, 1.165) is 42.2 Å². The summed E-state index contributed by atoms with van der Waals surface area (Å²) >= 11 is 0. The minimum absolute atomic E-state index is 0.154. The lowest BCUT2D eigenvalue weighted by Crippen LogP contribution is -2.38. The van der Waals surface area contributed by atoms with E-state index in [-0.39, 0.29) is 11.4 Å². The molecule has 0 atom stereocenters. The highest BCUT2D eigenvalue weighted by atomic mass is 19.1. The summed E-state index contributed by atoms with van der Waals surface area (Å²) in [6.45, 7) is 2.02. The zero-order valence-corrected chi connectivity index (χ0v) is 11.7. The van der Waals surface area contributed by atoms with E-state index in [2.05, 4.69) is 6.07 Å². The van der Waals surface area contributed by atoms with Crippen LogP contribution in [0.1, 0.15) is 43.2 Å². The molecule has 2 nitrogen and oxygen atoms in total. The lowest BCUT2D eigenvalue weighted by atomic mass is 9.77. The normalized spacial score (nSPS) is 18.9. The predicted molar refractivity (Wildman–Crippen MR) is 76.6 cm³/mol. The van der Waals surface area contributed by atoms with Crippen molar-refractivity contribution in [2.75, 3.05) is 0 Å². The van der Waals surface area contributed by atoms with Crippen LogP contribution in [0.4, 0.5) is 4.39 Å². The lowest BCUT2D eigenvalue weighted by Gasteiger charge is -2.34. The molecule has 0 amide bonds. The summed E-state index contributed by atoms with van der Waals surface area (Å²) in [6, 6.07) is 3.74. The Labute approximate surface area is 113 Å². The fourth-order valence-corrected chi connectivity index (χ4v) is 3.44. The average molecular weight is 260 g/mol. The second-order valence-electron chi connectivity index (χ2n) is 5.99. The van der Waals surface area contributed by atoms with Crippen LogP contribution < -0.4 is 5.73 Å². The number of benzene rings is 1. The number of nitrogens with two attached hydrogens (primary N) is 1. The Balaban J connectivity index is 2.17. The first-order valence-corrected chi connectivity index (χ1v) is 7.06. The van der Waals surface area contributed by atoms with E-state index in [4.69, 9.17) is 5.73 Å². The maximum Gasteiger partial charge on any atom is 0.147 e. The van der Waals surface area contributed by atoms with Crippen molar-refractivity contribution >= 4 is 10.9 Å². The molecule has 0 spiro atoms. The van der Waals surface area contributed by atoms with Gasteiger partial charge in [0.25, 0.3) is 0 Å². The van der Waals surface area contributed by atoms with E-state index in [9.17, 15) is 4.39 Å². The van der Waals surface area contributed by atoms with Crippen molar-refractivity contribution < 1.29 is 4.39 Å². The molecule has 19 heavy (non-hydrogen) atoms. The van der Waals surface area contributed by atoms with E-state index in [1.165, 1.54) is 6.42 Å². The van der Waals surface area contributed by atoms with Crippen molar-refractivity contribution in [3.8, 4) is 0 Å². The van der Waals surface area contributed by atoms with Crippen LogP contribution in [0, 0.1) is 12.7 Å². The maximum absolute atomic E-state index is 14.4. The maximum atomic E-state index is 14.4. The van der Waals surface area contributed by atoms with Crippen molar-refractivity contribution in [3.63, 3.8) is 0 Å². The van der Waals surface area contributed by atoms with Gasteiger partial charge in [0.15, 0.2) is 0 Å². The second kappa shape index (κ2) is 4.34. The zero-order valence-electron chi connectivity index (χ0n) is 11.7. The first-order chi connectivity index (χ1) is 9.01. The minimum Gasteiger partial charge on any atom is -0.348 e. The van der Waals surface area contributed by atoms with Gasteiger partial charge in [-0.25, -0.2) is 4.39 Å². The van der Waals surface area contributed by atoms with Crippen molar-refractivity contribution in [1.82, 2.24) is 4.57 Å². The highest BCUT2D eigenvalue weighted by Crippen LogP contribution is 2.37. The molecule has 1 aliphatic carbocycles. The summed E-state index contributed by atoms with van der Waals surface area (Å²) in [7, 11) is 1.89. The predicted octanol–water partition coefficient (Wildman–Crippen LogP) is 3.74. The standard InChI is InChI=1S/C16H21FN2/c1-11-10-19(2)15-13(11)8-12(9-14(15)17)16(18)6-4-3-5-7-16/h8-10H,3-7,18H2,1-2H3. The number of aryl methyl sites for hydroxylation is 2. The Bertz CT molecular complexity index is 621. The Morgan fingerprint density at radius 3 is 2.58 bits per heavy atom. The molecule has 0 radical (unpaired) electrons. The third kappa shape index (κ3) is 1.96. The van der Waals surface area contributed by atoms with Crippen LogP contribution in [0.5, 0.6) is 0 Å². The molecular formula is C16H21FN2. The average Bonchev–Trinajstić information content (AvgIpc) is 2.66. The fourth-order valence-electron chi connectivity index (χ4n) is 3.44. The molecule has 0 saturated heterocycles. The molecule has 2 aromatic rings. The van der Waals surface area contributed by atoms with Crippen LogP contribution in [-0.2, 0) is 12.6 Å². The molecule has 2 N–H and O–H groups in total. The second-order valence-corrected chi connectivity index (χ2v) is 5.99. The van der Waals surface area contributed by atoms with Gasteiger partial charge in [-0.15, -0.1) is 0 Å². The molecule has 1 aromatic heterocycles. The fraction of sp³-hybridized carbons (Fsp3) is 0.500. The van der Waals surface area contributed by atoms with Crippen LogP contribution in [0.2, 0.25) is 0 Å². The Kier molecular flexibility index (Phi) is 2.90. The van der Waals surface area contributed by atoms with Crippen LogP contribution in [-0.4, -0.2) is 4.57 Å². The monoisotopic (exact) mass is 260 g/mol. The summed E-state index contributed by atoms with van der Waals surface area (Å²) < 4.78 is 16.2. The molecule has 3 heteroatoms. The van der Waals surface area contributed by atoms with Crippen LogP contribution in [0.25, 0.3) is 10.9 Å². The molecule has 0 unspecified atom stereocenters. The number of rotatable bonds is 1. The van der Waals surface area contributed by atoms with Gasteiger partial charge in [0, 0.05) is 24.2 Å². The minimum atomic E-state index is -0.338. The van der Waals surface area contributed by atoms with Crippen LogP contribution in [0.15, 0.2) is 18.3 Å². The number of fused-ring (bicyclic) bond motifs is 1. The highest BCUT2D eigenvalue weighted by Gasteiger charge is 2.30. The number of hydrogen-bond acceptors (Lipinski definition) is 1. The van der Waals surface area contributed by atoms with Gasteiger partial charge in [0.1, 0.15) is 5.82 Å². The summed E-state index contributed by atoms with van der Waals surface area (Å²) in [6.07, 6.45) is 7.43. The number of nitrogens with zero attached hydrogens (tertiary/aromatic N) is 1. The molecule has 1 aromatic carbocycles. The summed E-state index contributed by atoms with van der Waals surface area (Å²) in [4.78, 5) is 0. The van der Waals surface area contributed by atoms with E-state index >= 15 is 0 Å². The van der Waals surface area contributed by atoms with Gasteiger partial charge in [-0.1, -0.05) is 19.3 Å². The zero-order chi connectivity index (χ0) is 13.6. The number of hydrogen-bond donors (Lipinski definition) is 1. The first kappa shape index (κ1) is 12.7. The summed E-state index contributed by atoms with van der Waals surface area (Å²) in [5.74, 6) is -0.154. The van der Waals surface area contributed by atoms with Gasteiger partial charge in [-0.2, -0.15) is 0 Å². The quantitative estimate of drug-likeness (QED) is 0.832. The molecule has 3 rings (SSSR count). The van der Waals surface area contributed by atoms with Gasteiger partial charge in [0.2, 0.25) is 0 Å². The van der Waals surface area contributed by atoms with Gasteiger partial charge < -0.3 is 10.3 Å².